The monoisotopic (exact) mass is 358 g/mol. The number of nitrogens with two attached hydrogens (primary N) is 2. The van der Waals surface area contributed by atoms with E-state index in [9.17, 15) is 9.50 Å². The molecule has 0 aromatic carbocycles. The van der Waals surface area contributed by atoms with Crippen molar-refractivity contribution in [2.45, 2.75) is 6.92 Å². The number of carbonyl (C=O) groups is 1. The van der Waals surface area contributed by atoms with Crippen LogP contribution < -0.4 is 11.5 Å². The molecule has 0 saturated carbocycles. The van der Waals surface area contributed by atoms with E-state index < -0.39 is 11.8 Å². The first-order valence-corrected chi connectivity index (χ1v) is 7.18. The number of nitrogens with zero attached hydrogens (tertiary/aromatic N) is 4. The highest BCUT2D eigenvalue weighted by Gasteiger charge is 2.14. The van der Waals surface area contributed by atoms with E-state index in [-0.39, 0.29) is 34.5 Å². The Hall–Kier alpha value is -3.82. The van der Waals surface area contributed by atoms with Gasteiger partial charge in [0, 0.05) is 24.9 Å². The van der Waals surface area contributed by atoms with Crippen LogP contribution >= 0.6 is 0 Å². The number of hydrogen-bond acceptors (Lipinski definition) is 8. The fourth-order valence-corrected chi connectivity index (χ4v) is 1.95. The third-order valence-corrected chi connectivity index (χ3v) is 2.98. The van der Waals surface area contributed by atoms with Crippen LogP contribution in [0.1, 0.15) is 6.92 Å². The molecule has 3 aromatic heterocycles. The summed E-state index contributed by atoms with van der Waals surface area (Å²) in [5.41, 5.74) is 11.9. The van der Waals surface area contributed by atoms with E-state index in [1.54, 1.807) is 6.07 Å². The maximum atomic E-state index is 14.1. The van der Waals surface area contributed by atoms with Crippen molar-refractivity contribution < 1.29 is 19.4 Å². The minimum absolute atomic E-state index is 0.0449. The third-order valence-electron chi connectivity index (χ3n) is 2.98. The molecule has 0 aliphatic carbocycles. The molecule has 26 heavy (non-hydrogen) atoms. The molecule has 0 aliphatic heterocycles. The van der Waals surface area contributed by atoms with E-state index in [1.165, 1.54) is 30.6 Å². The van der Waals surface area contributed by atoms with Crippen molar-refractivity contribution in [1.82, 2.24) is 19.9 Å². The molecular weight excluding hydrogens is 343 g/mol. The predicted octanol–water partition coefficient (Wildman–Crippen LogP) is 1.70. The molecule has 9 nitrogen and oxygen atoms in total. The first-order chi connectivity index (χ1) is 12.3. The van der Waals surface area contributed by atoms with Crippen molar-refractivity contribution in [2.24, 2.45) is 0 Å². The second-order valence-corrected chi connectivity index (χ2v) is 4.94. The predicted molar refractivity (Wildman–Crippen MR) is 92.3 cm³/mol. The summed E-state index contributed by atoms with van der Waals surface area (Å²) in [6.07, 6.45) is 2.82. The normalized spacial score (nSPS) is 9.92. The average molecular weight is 358 g/mol. The molecule has 0 saturated heterocycles. The number of carboxylic acid groups (broad SMARTS) is 1. The minimum Gasteiger partial charge on any atom is -0.506 e. The Morgan fingerprint density at radius 1 is 1.04 bits per heavy atom. The van der Waals surface area contributed by atoms with Crippen LogP contribution in [0.2, 0.25) is 0 Å². The highest BCUT2D eigenvalue weighted by molar-refractivity contribution is 5.70. The van der Waals surface area contributed by atoms with E-state index in [0.29, 0.717) is 5.69 Å². The maximum Gasteiger partial charge on any atom is 0.300 e. The number of nitrogen functional groups attached to an aromatic ring is 2. The molecule has 0 spiro atoms. The summed E-state index contributed by atoms with van der Waals surface area (Å²) in [4.78, 5) is 24.7. The number of aromatic nitrogens is 4. The quantitative estimate of drug-likeness (QED) is 0.534. The smallest absolute Gasteiger partial charge is 0.300 e. The van der Waals surface area contributed by atoms with E-state index >= 15 is 0 Å². The minimum atomic E-state index is -0.833. The summed E-state index contributed by atoms with van der Waals surface area (Å²) in [6.45, 7) is 1.08. The van der Waals surface area contributed by atoms with Crippen LogP contribution in [0, 0.1) is 5.82 Å². The van der Waals surface area contributed by atoms with E-state index in [1.807, 2.05) is 0 Å². The zero-order valence-corrected chi connectivity index (χ0v) is 13.6. The molecular formula is C16H15FN6O3. The van der Waals surface area contributed by atoms with Crippen LogP contribution in [0.5, 0.6) is 5.75 Å². The highest BCUT2D eigenvalue weighted by atomic mass is 19.1. The molecule has 0 radical (unpaired) electrons. The van der Waals surface area contributed by atoms with Crippen molar-refractivity contribution in [1.29, 1.82) is 0 Å². The molecule has 0 aliphatic rings. The SMILES string of the molecule is CC(=O)O.Nc1nccc(-c2nc(-c3ccnc(N)c3F)ccc2O)n1. The van der Waals surface area contributed by atoms with Gasteiger partial charge in [-0.1, -0.05) is 0 Å². The number of aromatic hydroxyl groups is 1. The number of aliphatic carboxylic acids is 1. The summed E-state index contributed by atoms with van der Waals surface area (Å²) in [6, 6.07) is 5.86. The van der Waals surface area contributed by atoms with Crippen LogP contribution in [-0.2, 0) is 4.79 Å². The van der Waals surface area contributed by atoms with Crippen LogP contribution in [0.3, 0.4) is 0 Å². The van der Waals surface area contributed by atoms with Gasteiger partial charge in [0.2, 0.25) is 5.95 Å². The standard InChI is InChI=1S/C14H11FN6O.C2H4O2/c15-11-7(3-5-18-13(11)16)8-1-2-10(22)12(20-8)9-4-6-19-14(17)21-9;1-2(3)4/h1-6,22H,(H2,16,18)(H2,17,19,21);1H3,(H,3,4). The Labute approximate surface area is 147 Å². The third kappa shape index (κ3) is 4.38. The van der Waals surface area contributed by atoms with Crippen LogP contribution in [0.15, 0.2) is 36.7 Å². The lowest BCUT2D eigenvalue weighted by Gasteiger charge is -2.08. The Morgan fingerprint density at radius 2 is 1.69 bits per heavy atom. The highest BCUT2D eigenvalue weighted by Crippen LogP contribution is 2.30. The summed E-state index contributed by atoms with van der Waals surface area (Å²) in [5, 5.41) is 17.4. The number of hydrogen-bond donors (Lipinski definition) is 4. The molecule has 0 amide bonds. The largest absolute Gasteiger partial charge is 0.506 e. The van der Waals surface area contributed by atoms with Gasteiger partial charge < -0.3 is 21.7 Å². The number of rotatable bonds is 2. The fourth-order valence-electron chi connectivity index (χ4n) is 1.95. The Balaban J connectivity index is 0.000000552. The van der Waals surface area contributed by atoms with Gasteiger partial charge >= 0.3 is 0 Å². The lowest BCUT2D eigenvalue weighted by Crippen LogP contribution is -1.99. The molecule has 6 N–H and O–H groups in total. The van der Waals surface area contributed by atoms with Crippen molar-refractivity contribution in [3.63, 3.8) is 0 Å². The van der Waals surface area contributed by atoms with E-state index in [0.717, 1.165) is 6.92 Å². The fraction of sp³-hybridized carbons (Fsp3) is 0.0625. The number of halogens is 1. The second kappa shape index (κ2) is 7.83. The van der Waals surface area contributed by atoms with Gasteiger partial charge in [0.1, 0.15) is 11.4 Å². The first-order valence-electron chi connectivity index (χ1n) is 7.18. The molecule has 0 bridgehead atoms. The lowest BCUT2D eigenvalue weighted by atomic mass is 10.1. The van der Waals surface area contributed by atoms with Gasteiger partial charge in [0.05, 0.1) is 11.4 Å². The zero-order valence-electron chi connectivity index (χ0n) is 13.6. The van der Waals surface area contributed by atoms with Crippen LogP contribution in [-0.4, -0.2) is 36.1 Å². The van der Waals surface area contributed by atoms with E-state index in [2.05, 4.69) is 19.9 Å². The van der Waals surface area contributed by atoms with Gasteiger partial charge in [-0.05, 0) is 24.3 Å². The Morgan fingerprint density at radius 3 is 2.35 bits per heavy atom. The maximum absolute atomic E-state index is 14.1. The van der Waals surface area contributed by atoms with Gasteiger partial charge in [-0.2, -0.15) is 0 Å². The lowest BCUT2D eigenvalue weighted by molar-refractivity contribution is -0.134. The van der Waals surface area contributed by atoms with Gasteiger partial charge in [0.15, 0.2) is 11.6 Å². The number of carboxylic acids is 1. The summed E-state index contributed by atoms with van der Waals surface area (Å²) in [5.74, 6) is -1.79. The average Bonchev–Trinajstić information content (AvgIpc) is 2.57. The molecule has 0 unspecified atom stereocenters. The van der Waals surface area contributed by atoms with Crippen molar-refractivity contribution in [3.05, 3.63) is 42.5 Å². The molecule has 3 rings (SSSR count). The number of pyridine rings is 2. The number of anilines is 2. The topological polar surface area (TPSA) is 161 Å². The molecule has 134 valence electrons. The van der Waals surface area contributed by atoms with E-state index in [4.69, 9.17) is 21.4 Å². The van der Waals surface area contributed by atoms with Crippen molar-refractivity contribution >= 4 is 17.7 Å². The first kappa shape index (κ1) is 18.5. The second-order valence-electron chi connectivity index (χ2n) is 4.94. The van der Waals surface area contributed by atoms with Crippen LogP contribution in [0.4, 0.5) is 16.2 Å². The summed E-state index contributed by atoms with van der Waals surface area (Å²) >= 11 is 0. The summed E-state index contributed by atoms with van der Waals surface area (Å²) in [7, 11) is 0. The van der Waals surface area contributed by atoms with Crippen LogP contribution in [0.25, 0.3) is 22.6 Å². The van der Waals surface area contributed by atoms with Gasteiger partial charge in [-0.25, -0.2) is 24.3 Å². The molecule has 0 fully saturated rings. The molecule has 3 aromatic rings. The van der Waals surface area contributed by atoms with Gasteiger partial charge in [-0.3, -0.25) is 4.79 Å². The molecule has 0 atom stereocenters. The van der Waals surface area contributed by atoms with Gasteiger partial charge in [-0.15, -0.1) is 0 Å². The van der Waals surface area contributed by atoms with Crippen molar-refractivity contribution in [3.8, 4) is 28.4 Å². The zero-order chi connectivity index (χ0) is 19.3. The Bertz CT molecular complexity index is 947. The molecule has 10 heteroatoms. The molecule has 3 heterocycles. The van der Waals surface area contributed by atoms with Gasteiger partial charge in [0.25, 0.3) is 5.97 Å². The summed E-state index contributed by atoms with van der Waals surface area (Å²) < 4.78 is 14.1. The van der Waals surface area contributed by atoms with Crippen molar-refractivity contribution in [2.75, 3.05) is 11.5 Å². The Kier molecular flexibility index (Phi) is 5.58.